The van der Waals surface area contributed by atoms with Gasteiger partial charge in [0.05, 0.1) is 13.2 Å². The number of methoxy groups -OCH3 is 1. The molecule has 0 spiro atoms. The zero-order valence-corrected chi connectivity index (χ0v) is 16.1. The molecule has 1 aliphatic carbocycles. The Balaban J connectivity index is 1.54. The first-order valence-corrected chi connectivity index (χ1v) is 9.63. The van der Waals surface area contributed by atoms with Gasteiger partial charge in [-0.25, -0.2) is 4.79 Å². The van der Waals surface area contributed by atoms with E-state index in [0.717, 1.165) is 12.8 Å². The minimum atomic E-state index is -0.241. The molecule has 1 unspecified atom stereocenters. The Morgan fingerprint density at radius 3 is 2.56 bits per heavy atom. The predicted molar refractivity (Wildman–Crippen MR) is 106 cm³/mol. The van der Waals surface area contributed by atoms with Crippen molar-refractivity contribution in [3.8, 4) is 11.5 Å². The van der Waals surface area contributed by atoms with Crippen LogP contribution >= 0.6 is 0 Å². The predicted octanol–water partition coefficient (Wildman–Crippen LogP) is 4.36. The molecule has 5 heteroatoms. The van der Waals surface area contributed by atoms with Crippen molar-refractivity contribution in [1.82, 2.24) is 10.6 Å². The van der Waals surface area contributed by atoms with E-state index in [-0.39, 0.29) is 18.8 Å². The van der Waals surface area contributed by atoms with Gasteiger partial charge >= 0.3 is 6.03 Å². The molecule has 0 heterocycles. The lowest BCUT2D eigenvalue weighted by atomic mass is 9.89. The molecule has 0 radical (unpaired) electrons. The summed E-state index contributed by atoms with van der Waals surface area (Å²) in [7, 11) is 1.59. The fourth-order valence-electron chi connectivity index (χ4n) is 3.52. The molecule has 3 rings (SSSR count). The van der Waals surface area contributed by atoms with Gasteiger partial charge in [0.15, 0.2) is 18.2 Å². The molecule has 2 aromatic carbocycles. The van der Waals surface area contributed by atoms with E-state index in [1.165, 1.54) is 36.0 Å². The number of rotatable bonds is 7. The maximum Gasteiger partial charge on any atom is 0.317 e. The van der Waals surface area contributed by atoms with Crippen molar-refractivity contribution in [2.75, 3.05) is 13.8 Å². The summed E-state index contributed by atoms with van der Waals surface area (Å²) in [6.45, 7) is 2.16. The van der Waals surface area contributed by atoms with Crippen molar-refractivity contribution in [1.29, 1.82) is 0 Å². The number of benzene rings is 2. The van der Waals surface area contributed by atoms with Crippen LogP contribution in [0.1, 0.15) is 48.9 Å². The van der Waals surface area contributed by atoms with E-state index in [0.29, 0.717) is 11.5 Å². The van der Waals surface area contributed by atoms with Crippen molar-refractivity contribution in [2.24, 2.45) is 0 Å². The van der Waals surface area contributed by atoms with Gasteiger partial charge in [0.25, 0.3) is 0 Å². The fraction of sp³-hybridized carbons (Fsp3) is 0.409. The molecule has 144 valence electrons. The molecule has 2 aromatic rings. The van der Waals surface area contributed by atoms with Gasteiger partial charge in [0.1, 0.15) is 0 Å². The number of aryl methyl sites for hydroxylation is 2. The highest BCUT2D eigenvalue weighted by atomic mass is 16.5. The molecule has 2 N–H and O–H groups in total. The third kappa shape index (κ3) is 4.94. The average Bonchev–Trinajstić information content (AvgIpc) is 2.72. The summed E-state index contributed by atoms with van der Waals surface area (Å²) in [5, 5.41) is 5.79. The second-order valence-corrected chi connectivity index (χ2v) is 6.79. The largest absolute Gasteiger partial charge is 0.493 e. The number of nitrogens with one attached hydrogen (secondary N) is 2. The van der Waals surface area contributed by atoms with Crippen LogP contribution in [0, 0.1) is 0 Å². The Labute approximate surface area is 161 Å². The van der Waals surface area contributed by atoms with Crippen LogP contribution in [0.15, 0.2) is 42.5 Å². The summed E-state index contributed by atoms with van der Waals surface area (Å²) in [6, 6.07) is 13.7. The number of hydrogen-bond donors (Lipinski definition) is 2. The molecular formula is C22H28N2O3. The summed E-state index contributed by atoms with van der Waals surface area (Å²) in [6.07, 6.45) is 5.66. The van der Waals surface area contributed by atoms with Crippen molar-refractivity contribution in [3.63, 3.8) is 0 Å². The SMILES string of the molecule is CCC(NC(=O)NCOc1ccccc1OC)c1ccc2c(c1)CCCC2. The number of carbonyl (C=O) groups excluding carboxylic acids is 1. The zero-order valence-electron chi connectivity index (χ0n) is 16.1. The molecule has 27 heavy (non-hydrogen) atoms. The number of para-hydroxylation sites is 2. The van der Waals surface area contributed by atoms with Crippen LogP contribution < -0.4 is 20.1 Å². The Morgan fingerprint density at radius 2 is 1.81 bits per heavy atom. The standard InChI is InChI=1S/C22H28N2O3/c1-3-19(18-13-12-16-8-4-5-9-17(16)14-18)24-22(25)23-15-27-21-11-7-6-10-20(21)26-2/h6-7,10-14,19H,3-5,8-9,15H2,1-2H3,(H2,23,24,25). The fourth-order valence-corrected chi connectivity index (χ4v) is 3.52. The molecule has 2 amide bonds. The molecule has 1 atom stereocenters. The molecule has 0 aliphatic heterocycles. The smallest absolute Gasteiger partial charge is 0.317 e. The van der Waals surface area contributed by atoms with Crippen LogP contribution in [0.4, 0.5) is 4.79 Å². The van der Waals surface area contributed by atoms with Crippen LogP contribution in [-0.2, 0) is 12.8 Å². The minimum Gasteiger partial charge on any atom is -0.493 e. The second-order valence-electron chi connectivity index (χ2n) is 6.79. The average molecular weight is 368 g/mol. The second kappa shape index (κ2) is 9.31. The van der Waals surface area contributed by atoms with Crippen molar-refractivity contribution in [3.05, 3.63) is 59.2 Å². The normalized spacial score (nSPS) is 14.0. The highest BCUT2D eigenvalue weighted by molar-refractivity contribution is 5.74. The first-order chi connectivity index (χ1) is 13.2. The van der Waals surface area contributed by atoms with Gasteiger partial charge in [0.2, 0.25) is 0 Å². The maximum atomic E-state index is 12.3. The monoisotopic (exact) mass is 368 g/mol. The lowest BCUT2D eigenvalue weighted by Crippen LogP contribution is -2.39. The van der Waals surface area contributed by atoms with Crippen molar-refractivity contribution < 1.29 is 14.3 Å². The van der Waals surface area contributed by atoms with Gasteiger partial charge in [-0.05, 0) is 60.9 Å². The van der Waals surface area contributed by atoms with Crippen molar-refractivity contribution in [2.45, 2.75) is 45.1 Å². The van der Waals surface area contributed by atoms with E-state index in [1.54, 1.807) is 13.2 Å². The van der Waals surface area contributed by atoms with Gasteiger partial charge < -0.3 is 20.1 Å². The number of urea groups is 1. The third-order valence-electron chi connectivity index (χ3n) is 5.02. The molecule has 1 aliphatic rings. The van der Waals surface area contributed by atoms with Gasteiger partial charge in [0, 0.05) is 0 Å². The number of hydrogen-bond acceptors (Lipinski definition) is 3. The van der Waals surface area contributed by atoms with Crippen LogP contribution in [0.3, 0.4) is 0 Å². The van der Waals surface area contributed by atoms with E-state index in [4.69, 9.17) is 9.47 Å². The van der Waals surface area contributed by atoms with E-state index in [1.807, 2.05) is 18.2 Å². The molecular weight excluding hydrogens is 340 g/mol. The first kappa shape index (κ1) is 19.1. The Hall–Kier alpha value is -2.69. The van der Waals surface area contributed by atoms with Gasteiger partial charge in [-0.15, -0.1) is 0 Å². The molecule has 5 nitrogen and oxygen atoms in total. The van der Waals surface area contributed by atoms with E-state index in [9.17, 15) is 4.79 Å². The quantitative estimate of drug-likeness (QED) is 0.714. The lowest BCUT2D eigenvalue weighted by Gasteiger charge is -2.22. The summed E-state index contributed by atoms with van der Waals surface area (Å²) in [4.78, 5) is 12.3. The summed E-state index contributed by atoms with van der Waals surface area (Å²) < 4.78 is 10.8. The molecule has 0 saturated carbocycles. The third-order valence-corrected chi connectivity index (χ3v) is 5.02. The van der Waals surface area contributed by atoms with E-state index >= 15 is 0 Å². The summed E-state index contributed by atoms with van der Waals surface area (Å²) in [5.74, 6) is 1.24. The van der Waals surface area contributed by atoms with Crippen LogP contribution in [-0.4, -0.2) is 19.9 Å². The number of amides is 2. The summed E-state index contributed by atoms with van der Waals surface area (Å²) >= 11 is 0. The highest BCUT2D eigenvalue weighted by Crippen LogP contribution is 2.26. The Bertz CT molecular complexity index is 776. The van der Waals surface area contributed by atoms with E-state index in [2.05, 4.69) is 35.8 Å². The molecule has 0 bridgehead atoms. The minimum absolute atomic E-state index is 0.0107. The maximum absolute atomic E-state index is 12.3. The van der Waals surface area contributed by atoms with Crippen LogP contribution in [0.25, 0.3) is 0 Å². The number of carbonyl (C=O) groups is 1. The van der Waals surface area contributed by atoms with Crippen LogP contribution in [0.2, 0.25) is 0 Å². The van der Waals surface area contributed by atoms with E-state index < -0.39 is 0 Å². The Kier molecular flexibility index (Phi) is 6.58. The van der Waals surface area contributed by atoms with Gasteiger partial charge in [-0.2, -0.15) is 0 Å². The van der Waals surface area contributed by atoms with Crippen LogP contribution in [0.5, 0.6) is 11.5 Å². The van der Waals surface area contributed by atoms with Crippen molar-refractivity contribution >= 4 is 6.03 Å². The number of fused-ring (bicyclic) bond motifs is 1. The topological polar surface area (TPSA) is 59.6 Å². The molecule has 0 saturated heterocycles. The van der Waals surface area contributed by atoms with Gasteiger partial charge in [-0.1, -0.05) is 37.3 Å². The molecule has 0 aromatic heterocycles. The molecule has 0 fully saturated rings. The Morgan fingerprint density at radius 1 is 1.07 bits per heavy atom. The number of ether oxygens (including phenoxy) is 2. The highest BCUT2D eigenvalue weighted by Gasteiger charge is 2.16. The zero-order chi connectivity index (χ0) is 19.1. The first-order valence-electron chi connectivity index (χ1n) is 9.63. The van der Waals surface area contributed by atoms with Gasteiger partial charge in [-0.3, -0.25) is 0 Å². The lowest BCUT2D eigenvalue weighted by molar-refractivity contribution is 0.218. The summed E-state index contributed by atoms with van der Waals surface area (Å²) in [5.41, 5.74) is 4.05.